The van der Waals surface area contributed by atoms with E-state index >= 15 is 0 Å². The molecule has 5 heteroatoms. The molecule has 2 amide bonds. The summed E-state index contributed by atoms with van der Waals surface area (Å²) in [6.07, 6.45) is 5.36. The number of likely N-dealkylation sites (tertiary alicyclic amines) is 1. The van der Waals surface area contributed by atoms with Crippen molar-refractivity contribution in [1.29, 1.82) is 0 Å². The molecule has 2 unspecified atom stereocenters. The number of aliphatic hydroxyl groups is 1. The van der Waals surface area contributed by atoms with E-state index < -0.39 is 0 Å². The molecule has 19 heavy (non-hydrogen) atoms. The average molecular weight is 268 g/mol. The van der Waals surface area contributed by atoms with Gasteiger partial charge >= 0.3 is 0 Å². The molecule has 5 nitrogen and oxygen atoms in total. The summed E-state index contributed by atoms with van der Waals surface area (Å²) in [6, 6.07) is 0.0323. The Morgan fingerprint density at radius 1 is 1.47 bits per heavy atom. The molecule has 2 fully saturated rings. The van der Waals surface area contributed by atoms with Gasteiger partial charge in [0, 0.05) is 24.4 Å². The van der Waals surface area contributed by atoms with E-state index in [9.17, 15) is 14.7 Å². The predicted octanol–water partition coefficient (Wildman–Crippen LogP) is 0.666. The standard InChI is InChI=1S/C14H24N2O3/c1-14(10-17)7-4-5-11(14)15-12(18)9-16-8-3-2-6-13(16)19/h11,17H,2-10H2,1H3,(H,15,18). The van der Waals surface area contributed by atoms with Gasteiger partial charge in [0.2, 0.25) is 11.8 Å². The molecule has 1 aliphatic carbocycles. The summed E-state index contributed by atoms with van der Waals surface area (Å²) in [5.41, 5.74) is -0.207. The minimum absolute atomic E-state index is 0.0323. The number of nitrogens with zero attached hydrogens (tertiary/aromatic N) is 1. The monoisotopic (exact) mass is 268 g/mol. The molecule has 0 spiro atoms. The average Bonchev–Trinajstić information content (AvgIpc) is 2.75. The second kappa shape index (κ2) is 5.90. The molecule has 1 saturated carbocycles. The van der Waals surface area contributed by atoms with Crippen LogP contribution in [0.4, 0.5) is 0 Å². The fourth-order valence-corrected chi connectivity index (χ4v) is 3.11. The summed E-state index contributed by atoms with van der Waals surface area (Å²) in [5, 5.41) is 12.5. The summed E-state index contributed by atoms with van der Waals surface area (Å²) in [6.45, 7) is 2.96. The summed E-state index contributed by atoms with van der Waals surface area (Å²) in [4.78, 5) is 25.3. The third-order valence-corrected chi connectivity index (χ3v) is 4.53. The van der Waals surface area contributed by atoms with E-state index in [0.29, 0.717) is 13.0 Å². The highest BCUT2D eigenvalue weighted by Crippen LogP contribution is 2.37. The second-order valence-electron chi connectivity index (χ2n) is 6.10. The van der Waals surface area contributed by atoms with Crippen LogP contribution in [0.2, 0.25) is 0 Å². The lowest BCUT2D eigenvalue weighted by atomic mass is 9.86. The number of aliphatic hydroxyl groups excluding tert-OH is 1. The number of carbonyl (C=O) groups excluding carboxylic acids is 2. The van der Waals surface area contributed by atoms with Crippen molar-refractivity contribution in [2.24, 2.45) is 5.41 Å². The van der Waals surface area contributed by atoms with E-state index in [1.165, 1.54) is 0 Å². The molecular formula is C14H24N2O3. The van der Waals surface area contributed by atoms with E-state index in [-0.39, 0.29) is 36.4 Å². The first-order chi connectivity index (χ1) is 9.05. The molecule has 2 rings (SSSR count). The van der Waals surface area contributed by atoms with Crippen LogP contribution in [0.3, 0.4) is 0 Å². The van der Waals surface area contributed by atoms with Gasteiger partial charge in [0.15, 0.2) is 0 Å². The van der Waals surface area contributed by atoms with Crippen molar-refractivity contribution >= 4 is 11.8 Å². The fourth-order valence-electron chi connectivity index (χ4n) is 3.11. The Labute approximate surface area is 114 Å². The van der Waals surface area contributed by atoms with Crippen molar-refractivity contribution in [3.05, 3.63) is 0 Å². The molecule has 1 heterocycles. The largest absolute Gasteiger partial charge is 0.396 e. The van der Waals surface area contributed by atoms with Crippen LogP contribution in [-0.2, 0) is 9.59 Å². The van der Waals surface area contributed by atoms with Crippen LogP contribution in [-0.4, -0.2) is 47.6 Å². The number of piperidine rings is 1. The molecule has 2 N–H and O–H groups in total. The summed E-state index contributed by atoms with van der Waals surface area (Å²) in [5.74, 6) is -0.0143. The Morgan fingerprint density at radius 3 is 2.95 bits per heavy atom. The Balaban J connectivity index is 1.85. The zero-order valence-corrected chi connectivity index (χ0v) is 11.7. The van der Waals surface area contributed by atoms with Gasteiger partial charge in [-0.25, -0.2) is 0 Å². The minimum atomic E-state index is -0.207. The van der Waals surface area contributed by atoms with Gasteiger partial charge in [-0.3, -0.25) is 9.59 Å². The fraction of sp³-hybridized carbons (Fsp3) is 0.857. The van der Waals surface area contributed by atoms with Crippen molar-refractivity contribution in [1.82, 2.24) is 10.2 Å². The third kappa shape index (κ3) is 3.26. The Bertz CT molecular complexity index is 359. The normalized spacial score (nSPS) is 31.6. The minimum Gasteiger partial charge on any atom is -0.396 e. The lowest BCUT2D eigenvalue weighted by Gasteiger charge is -2.32. The van der Waals surface area contributed by atoms with E-state index in [0.717, 1.165) is 32.1 Å². The lowest BCUT2D eigenvalue weighted by Crippen LogP contribution is -2.49. The van der Waals surface area contributed by atoms with Crippen molar-refractivity contribution in [2.45, 2.75) is 51.5 Å². The summed E-state index contributed by atoms with van der Waals surface area (Å²) in [7, 11) is 0. The Hall–Kier alpha value is -1.10. The molecule has 0 radical (unpaired) electrons. The molecule has 0 aromatic rings. The van der Waals surface area contributed by atoms with Gasteiger partial charge < -0.3 is 15.3 Å². The van der Waals surface area contributed by atoms with Gasteiger partial charge in [-0.05, 0) is 25.7 Å². The zero-order valence-electron chi connectivity index (χ0n) is 11.7. The zero-order chi connectivity index (χ0) is 13.9. The van der Waals surface area contributed by atoms with E-state index in [4.69, 9.17) is 0 Å². The highest BCUT2D eigenvalue weighted by atomic mass is 16.3. The van der Waals surface area contributed by atoms with Crippen LogP contribution in [0, 0.1) is 5.41 Å². The Morgan fingerprint density at radius 2 is 2.26 bits per heavy atom. The third-order valence-electron chi connectivity index (χ3n) is 4.53. The number of hydrogen-bond acceptors (Lipinski definition) is 3. The predicted molar refractivity (Wildman–Crippen MR) is 71.4 cm³/mol. The quantitative estimate of drug-likeness (QED) is 0.787. The molecule has 2 atom stereocenters. The highest BCUT2D eigenvalue weighted by molar-refractivity contribution is 5.85. The SMILES string of the molecule is CC1(CO)CCCC1NC(=O)CN1CCCCC1=O. The van der Waals surface area contributed by atoms with E-state index in [1.807, 2.05) is 6.92 Å². The maximum atomic E-state index is 12.0. The molecule has 0 aromatic heterocycles. The maximum Gasteiger partial charge on any atom is 0.239 e. The van der Waals surface area contributed by atoms with Gasteiger partial charge in [-0.15, -0.1) is 0 Å². The topological polar surface area (TPSA) is 69.6 Å². The van der Waals surface area contributed by atoms with Crippen LogP contribution in [0.5, 0.6) is 0 Å². The van der Waals surface area contributed by atoms with Gasteiger partial charge in [-0.1, -0.05) is 13.3 Å². The van der Waals surface area contributed by atoms with Gasteiger partial charge in [0.05, 0.1) is 13.2 Å². The number of amides is 2. The molecule has 108 valence electrons. The maximum absolute atomic E-state index is 12.0. The van der Waals surface area contributed by atoms with Crippen molar-refractivity contribution in [3.63, 3.8) is 0 Å². The van der Waals surface area contributed by atoms with Crippen molar-refractivity contribution < 1.29 is 14.7 Å². The number of hydrogen-bond donors (Lipinski definition) is 2. The number of carbonyl (C=O) groups is 2. The molecule has 2 aliphatic rings. The summed E-state index contributed by atoms with van der Waals surface area (Å²) < 4.78 is 0. The van der Waals surface area contributed by atoms with Gasteiger partial charge in [-0.2, -0.15) is 0 Å². The van der Waals surface area contributed by atoms with Gasteiger partial charge in [0.1, 0.15) is 0 Å². The van der Waals surface area contributed by atoms with Crippen molar-refractivity contribution in [3.8, 4) is 0 Å². The first kappa shape index (κ1) is 14.3. The smallest absolute Gasteiger partial charge is 0.239 e. The second-order valence-corrected chi connectivity index (χ2v) is 6.10. The highest BCUT2D eigenvalue weighted by Gasteiger charge is 2.39. The number of rotatable bonds is 4. The molecule has 0 aromatic carbocycles. The van der Waals surface area contributed by atoms with Crippen LogP contribution < -0.4 is 5.32 Å². The lowest BCUT2D eigenvalue weighted by molar-refractivity contribution is -0.138. The molecule has 1 aliphatic heterocycles. The molecule has 1 saturated heterocycles. The van der Waals surface area contributed by atoms with E-state index in [1.54, 1.807) is 4.90 Å². The first-order valence-electron chi connectivity index (χ1n) is 7.23. The Kier molecular flexibility index (Phi) is 4.45. The molecule has 0 bridgehead atoms. The number of nitrogens with one attached hydrogen (secondary N) is 1. The van der Waals surface area contributed by atoms with Crippen LogP contribution in [0.1, 0.15) is 45.4 Å². The van der Waals surface area contributed by atoms with Gasteiger partial charge in [0.25, 0.3) is 0 Å². The van der Waals surface area contributed by atoms with Crippen molar-refractivity contribution in [2.75, 3.05) is 19.7 Å². The van der Waals surface area contributed by atoms with Crippen LogP contribution in [0.15, 0.2) is 0 Å². The van der Waals surface area contributed by atoms with Crippen LogP contribution >= 0.6 is 0 Å². The summed E-state index contributed by atoms with van der Waals surface area (Å²) >= 11 is 0. The van der Waals surface area contributed by atoms with E-state index in [2.05, 4.69) is 5.32 Å². The molecular weight excluding hydrogens is 244 g/mol. The van der Waals surface area contributed by atoms with Crippen LogP contribution in [0.25, 0.3) is 0 Å². The first-order valence-corrected chi connectivity index (χ1v) is 7.23.